The molecule has 0 bridgehead atoms. The maximum atomic E-state index is 12.7. The number of carbonyl (C=O) groups excluding carboxylic acids is 3. The third-order valence-electron chi connectivity index (χ3n) is 10.2. The van der Waals surface area contributed by atoms with Crippen molar-refractivity contribution >= 4 is 17.9 Å². The highest BCUT2D eigenvalue weighted by molar-refractivity contribution is 5.70. The lowest BCUT2D eigenvalue weighted by molar-refractivity contribution is -0.889. The Morgan fingerprint density at radius 1 is 0.544 bits per heavy atom. The summed E-state index contributed by atoms with van der Waals surface area (Å²) in [6.07, 6.45) is 47.0. The van der Waals surface area contributed by atoms with Crippen LogP contribution in [0.15, 0.2) is 48.6 Å². The number of quaternary nitrogens is 1. The third-order valence-corrected chi connectivity index (χ3v) is 10.2. The first kappa shape index (κ1) is 54.3. The van der Waals surface area contributed by atoms with Crippen molar-refractivity contribution in [3.63, 3.8) is 0 Å². The largest absolute Gasteiger partial charge is 0.544 e. The maximum absolute atomic E-state index is 12.7. The molecule has 0 aliphatic carbocycles. The fourth-order valence-corrected chi connectivity index (χ4v) is 6.61. The van der Waals surface area contributed by atoms with Crippen LogP contribution in [0.4, 0.5) is 0 Å². The molecule has 8 heteroatoms. The molecular formula is C49H87NO7. The number of ether oxygens (including phenoxy) is 3. The Balaban J connectivity index is 4.33. The fourth-order valence-electron chi connectivity index (χ4n) is 6.61. The number of carbonyl (C=O) groups is 3. The number of esters is 2. The van der Waals surface area contributed by atoms with Crippen LogP contribution in [-0.4, -0.2) is 75.5 Å². The minimum absolute atomic E-state index is 0.0337. The van der Waals surface area contributed by atoms with Crippen molar-refractivity contribution in [2.75, 3.05) is 41.0 Å². The predicted octanol–water partition coefficient (Wildman–Crippen LogP) is 11.5. The number of carboxylic acid groups (broad SMARTS) is 1. The molecule has 0 fully saturated rings. The number of unbranched alkanes of at least 4 members (excludes halogenated alkanes) is 19. The average molecular weight is 802 g/mol. The van der Waals surface area contributed by atoms with Gasteiger partial charge in [-0.15, -0.1) is 0 Å². The van der Waals surface area contributed by atoms with Crippen LogP contribution in [0.5, 0.6) is 0 Å². The molecule has 0 amide bonds. The van der Waals surface area contributed by atoms with E-state index in [-0.39, 0.29) is 42.7 Å². The number of rotatable bonds is 41. The molecule has 8 nitrogen and oxygen atoms in total. The maximum Gasteiger partial charge on any atom is 0.306 e. The predicted molar refractivity (Wildman–Crippen MR) is 236 cm³/mol. The zero-order valence-electron chi connectivity index (χ0n) is 37.5. The van der Waals surface area contributed by atoms with Crippen LogP contribution in [0, 0.1) is 0 Å². The smallest absolute Gasteiger partial charge is 0.306 e. The SMILES string of the molecule is CC/C=C/C/C=C/C/C=C/CCCCCCCCCCCC(=O)OC(COCCC(C(=O)[O-])[N+](C)(C)C)COC(=O)CCCCC/C=C/CCCCCCCCC. The monoisotopic (exact) mass is 802 g/mol. The molecule has 0 aromatic rings. The van der Waals surface area contributed by atoms with Gasteiger partial charge in [-0.1, -0.05) is 152 Å². The normalized spacial score (nSPS) is 13.4. The van der Waals surface area contributed by atoms with E-state index >= 15 is 0 Å². The highest BCUT2D eigenvalue weighted by atomic mass is 16.6. The van der Waals surface area contributed by atoms with Crippen molar-refractivity contribution in [1.82, 2.24) is 0 Å². The van der Waals surface area contributed by atoms with Gasteiger partial charge in [0.15, 0.2) is 6.10 Å². The van der Waals surface area contributed by atoms with Crippen LogP contribution < -0.4 is 5.11 Å². The highest BCUT2D eigenvalue weighted by Gasteiger charge is 2.25. The molecule has 0 aliphatic heterocycles. The lowest BCUT2D eigenvalue weighted by Crippen LogP contribution is -2.55. The van der Waals surface area contributed by atoms with Gasteiger partial charge in [-0.3, -0.25) is 9.59 Å². The molecule has 0 aromatic carbocycles. The second-order valence-corrected chi connectivity index (χ2v) is 16.6. The molecule has 0 aliphatic rings. The zero-order valence-corrected chi connectivity index (χ0v) is 37.5. The van der Waals surface area contributed by atoms with Crippen LogP contribution in [0.25, 0.3) is 0 Å². The summed E-state index contributed by atoms with van der Waals surface area (Å²) in [6, 6.07) is -0.729. The van der Waals surface area contributed by atoms with E-state index < -0.39 is 18.1 Å². The second-order valence-electron chi connectivity index (χ2n) is 16.6. The first-order valence-electron chi connectivity index (χ1n) is 23.2. The van der Waals surface area contributed by atoms with Crippen LogP contribution in [0.2, 0.25) is 0 Å². The summed E-state index contributed by atoms with van der Waals surface area (Å²) in [5, 5.41) is 11.6. The third kappa shape index (κ3) is 38.6. The molecule has 0 rings (SSSR count). The van der Waals surface area contributed by atoms with Crippen molar-refractivity contribution < 1.29 is 38.2 Å². The van der Waals surface area contributed by atoms with Gasteiger partial charge in [-0.25, -0.2) is 0 Å². The number of nitrogens with zero attached hydrogens (tertiary/aromatic N) is 1. The van der Waals surface area contributed by atoms with E-state index in [1.807, 2.05) is 0 Å². The van der Waals surface area contributed by atoms with E-state index in [1.54, 1.807) is 21.1 Å². The summed E-state index contributed by atoms with van der Waals surface area (Å²) >= 11 is 0. The molecule has 0 radical (unpaired) electrons. The van der Waals surface area contributed by atoms with Crippen LogP contribution >= 0.6 is 0 Å². The molecular weight excluding hydrogens is 715 g/mol. The number of carboxylic acids is 1. The van der Waals surface area contributed by atoms with Gasteiger partial charge in [-0.2, -0.15) is 0 Å². The van der Waals surface area contributed by atoms with Gasteiger partial charge < -0.3 is 28.6 Å². The molecule has 0 N–H and O–H groups in total. The molecule has 0 heterocycles. The number of allylic oxidation sites excluding steroid dienone is 8. The van der Waals surface area contributed by atoms with Crippen molar-refractivity contribution in [3.05, 3.63) is 48.6 Å². The van der Waals surface area contributed by atoms with Gasteiger partial charge >= 0.3 is 11.9 Å². The van der Waals surface area contributed by atoms with Gasteiger partial charge in [0.25, 0.3) is 0 Å². The van der Waals surface area contributed by atoms with Gasteiger partial charge in [0.1, 0.15) is 12.6 Å². The lowest BCUT2D eigenvalue weighted by atomic mass is 10.1. The highest BCUT2D eigenvalue weighted by Crippen LogP contribution is 2.14. The Kier molecular flexibility index (Phi) is 38.2. The van der Waals surface area contributed by atoms with Crippen molar-refractivity contribution in [3.8, 4) is 0 Å². The molecule has 57 heavy (non-hydrogen) atoms. The topological polar surface area (TPSA) is 102 Å². The average Bonchev–Trinajstić information content (AvgIpc) is 3.17. The van der Waals surface area contributed by atoms with Crippen molar-refractivity contribution in [2.24, 2.45) is 0 Å². The summed E-state index contributed by atoms with van der Waals surface area (Å²) < 4.78 is 17.2. The van der Waals surface area contributed by atoms with Gasteiger partial charge in [-0.05, 0) is 70.6 Å². The quantitative estimate of drug-likeness (QED) is 0.0262. The summed E-state index contributed by atoms with van der Waals surface area (Å²) in [6.45, 7) is 4.53. The Hall–Kier alpha value is -2.71. The van der Waals surface area contributed by atoms with E-state index in [0.29, 0.717) is 12.8 Å². The number of hydrogen-bond donors (Lipinski definition) is 0. The van der Waals surface area contributed by atoms with Gasteiger partial charge in [0.2, 0.25) is 0 Å². The summed E-state index contributed by atoms with van der Waals surface area (Å²) in [5.74, 6) is -1.76. The molecule has 0 spiro atoms. The zero-order chi connectivity index (χ0) is 42.1. The first-order valence-corrected chi connectivity index (χ1v) is 23.2. The van der Waals surface area contributed by atoms with E-state index in [0.717, 1.165) is 77.0 Å². The summed E-state index contributed by atoms with van der Waals surface area (Å²) in [7, 11) is 5.40. The lowest BCUT2D eigenvalue weighted by Gasteiger charge is -2.34. The standard InChI is InChI=1S/C49H87NO7/c1-6-8-10-12-14-16-18-20-22-23-24-25-26-28-30-32-34-36-38-40-48(52)57-45(43-55-42-41-46(49(53)54)50(3,4)5)44-56-47(51)39-37-35-33-31-29-27-21-19-17-15-13-11-9-7-2/h8,10,14,16,20,22,27,29,45-46H,6-7,9,11-13,15,17-19,21,23-26,28,30-44H2,1-5H3/b10-8+,16-14+,22-20+,29-27+. The summed E-state index contributed by atoms with van der Waals surface area (Å²) in [4.78, 5) is 36.9. The Morgan fingerprint density at radius 3 is 1.49 bits per heavy atom. The Bertz CT molecular complexity index is 1070. The number of aliphatic carboxylic acids is 1. The first-order chi connectivity index (χ1) is 27.6. The van der Waals surface area contributed by atoms with Crippen LogP contribution in [-0.2, 0) is 28.6 Å². The van der Waals surface area contributed by atoms with Crippen molar-refractivity contribution in [2.45, 2.75) is 206 Å². The van der Waals surface area contributed by atoms with E-state index in [2.05, 4.69) is 62.5 Å². The minimum Gasteiger partial charge on any atom is -0.544 e. The molecule has 0 saturated carbocycles. The number of hydrogen-bond acceptors (Lipinski definition) is 7. The second kappa shape index (κ2) is 40.1. The summed E-state index contributed by atoms with van der Waals surface area (Å²) in [5.41, 5.74) is 0. The molecule has 2 atom stereocenters. The Labute approximate surface area is 350 Å². The van der Waals surface area contributed by atoms with E-state index in [1.165, 1.54) is 83.5 Å². The van der Waals surface area contributed by atoms with Gasteiger partial charge in [0, 0.05) is 19.3 Å². The fraction of sp³-hybridized carbons (Fsp3) is 0.776. The van der Waals surface area contributed by atoms with E-state index in [4.69, 9.17) is 14.2 Å². The minimum atomic E-state index is -1.13. The van der Waals surface area contributed by atoms with Crippen LogP contribution in [0.3, 0.4) is 0 Å². The molecule has 0 saturated heterocycles. The van der Waals surface area contributed by atoms with Gasteiger partial charge in [0.05, 0.1) is 40.3 Å². The van der Waals surface area contributed by atoms with Crippen molar-refractivity contribution in [1.29, 1.82) is 0 Å². The molecule has 330 valence electrons. The van der Waals surface area contributed by atoms with Crippen LogP contribution in [0.1, 0.15) is 194 Å². The molecule has 2 unspecified atom stereocenters. The van der Waals surface area contributed by atoms with E-state index in [9.17, 15) is 19.5 Å². The Morgan fingerprint density at radius 2 is 0.982 bits per heavy atom. The number of likely N-dealkylation sites (N-methyl/N-ethyl adjacent to an activating group) is 1. The molecule has 0 aromatic heterocycles.